The fourth-order valence-corrected chi connectivity index (χ4v) is 3.11. The molecule has 2 aromatic rings. The van der Waals surface area contributed by atoms with Gasteiger partial charge in [-0.25, -0.2) is 9.18 Å². The smallest absolute Gasteiger partial charge is 0.407 e. The second kappa shape index (κ2) is 5.92. The maximum atomic E-state index is 14.2. The molecule has 5 nitrogen and oxygen atoms in total. The average Bonchev–Trinajstić information content (AvgIpc) is 2.49. The first kappa shape index (κ1) is 16.5. The number of carbonyl (C=O) groups is 1. The van der Waals surface area contributed by atoms with E-state index in [9.17, 15) is 14.0 Å². The van der Waals surface area contributed by atoms with E-state index < -0.39 is 11.7 Å². The summed E-state index contributed by atoms with van der Waals surface area (Å²) in [5.74, 6) is -0.381. The normalized spacial score (nSPS) is 16.9. The number of aromatic nitrogens is 1. The molecule has 6 heteroatoms. The lowest BCUT2D eigenvalue weighted by atomic mass is 9.92. The highest BCUT2D eigenvalue weighted by molar-refractivity contribution is 5.83. The summed E-state index contributed by atoms with van der Waals surface area (Å²) in [7, 11) is 0. The molecule has 1 N–H and O–H groups in total. The molecule has 1 aromatic heterocycles. The molecule has 1 aliphatic heterocycles. The number of nitrogens with one attached hydrogen (secondary N) is 1. The molecule has 0 saturated heterocycles. The number of carbonyl (C=O) groups excluding carboxylic acids is 1. The van der Waals surface area contributed by atoms with Crippen LogP contribution in [0, 0.1) is 11.7 Å². The van der Waals surface area contributed by atoms with Gasteiger partial charge in [-0.05, 0) is 56.7 Å². The van der Waals surface area contributed by atoms with Crippen molar-refractivity contribution in [2.24, 2.45) is 5.92 Å². The number of amides is 1. The molecule has 1 atom stereocenters. The van der Waals surface area contributed by atoms with E-state index in [-0.39, 0.29) is 17.3 Å². The molecule has 0 aliphatic carbocycles. The van der Waals surface area contributed by atoms with Crippen LogP contribution in [0.3, 0.4) is 0 Å². The summed E-state index contributed by atoms with van der Waals surface area (Å²) in [6, 6.07) is 6.32. The zero-order valence-corrected chi connectivity index (χ0v) is 14.1. The van der Waals surface area contributed by atoms with E-state index in [1.807, 2.05) is 0 Å². The maximum Gasteiger partial charge on any atom is 0.407 e. The molecule has 1 amide bonds. The van der Waals surface area contributed by atoms with Crippen molar-refractivity contribution in [2.45, 2.75) is 39.3 Å². The van der Waals surface area contributed by atoms with Gasteiger partial charge in [-0.2, -0.15) is 0 Å². The zero-order chi connectivity index (χ0) is 17.5. The van der Waals surface area contributed by atoms with Gasteiger partial charge >= 0.3 is 6.09 Å². The van der Waals surface area contributed by atoms with Crippen molar-refractivity contribution in [1.29, 1.82) is 0 Å². The van der Waals surface area contributed by atoms with Gasteiger partial charge in [0.05, 0.1) is 5.52 Å². The van der Waals surface area contributed by atoms with Crippen molar-refractivity contribution in [2.75, 3.05) is 6.54 Å². The Kier molecular flexibility index (Phi) is 4.07. The van der Waals surface area contributed by atoms with Crippen LogP contribution in [0.2, 0.25) is 0 Å². The maximum absolute atomic E-state index is 14.2. The zero-order valence-electron chi connectivity index (χ0n) is 14.1. The largest absolute Gasteiger partial charge is 0.444 e. The highest BCUT2D eigenvalue weighted by Crippen LogP contribution is 2.28. The van der Waals surface area contributed by atoms with Crippen molar-refractivity contribution in [3.8, 4) is 0 Å². The third-order valence-electron chi connectivity index (χ3n) is 4.07. The lowest BCUT2D eigenvalue weighted by Crippen LogP contribution is -2.39. The van der Waals surface area contributed by atoms with E-state index in [0.717, 1.165) is 5.39 Å². The number of alkyl carbamates (subject to hydrolysis) is 1. The Balaban J connectivity index is 1.81. The Labute approximate surface area is 139 Å². The molecule has 2 heterocycles. The minimum atomic E-state index is -0.572. The quantitative estimate of drug-likeness (QED) is 0.920. The number of pyridine rings is 1. The first-order valence-electron chi connectivity index (χ1n) is 8.02. The second-order valence-electron chi connectivity index (χ2n) is 7.20. The highest BCUT2D eigenvalue weighted by atomic mass is 19.1. The molecule has 3 rings (SSSR count). The van der Waals surface area contributed by atoms with Crippen LogP contribution in [0.1, 0.15) is 26.3 Å². The second-order valence-corrected chi connectivity index (χ2v) is 7.20. The Bertz CT molecular complexity index is 852. The fraction of sp³-hybridized carbons (Fsp3) is 0.444. The fourth-order valence-electron chi connectivity index (χ4n) is 3.11. The SMILES string of the molecule is CC(C)(C)OC(=O)NCC1Cc2c(F)ccc3ccc(=O)n(c23)C1. The Hall–Kier alpha value is -2.37. The molecule has 1 aromatic carbocycles. The highest BCUT2D eigenvalue weighted by Gasteiger charge is 2.25. The summed E-state index contributed by atoms with van der Waals surface area (Å²) in [5, 5.41) is 3.56. The number of nitrogens with zero attached hydrogens (tertiary/aromatic N) is 1. The van der Waals surface area contributed by atoms with Crippen molar-refractivity contribution in [3.63, 3.8) is 0 Å². The van der Waals surface area contributed by atoms with Gasteiger partial charge in [0.1, 0.15) is 11.4 Å². The van der Waals surface area contributed by atoms with Gasteiger partial charge in [-0.15, -0.1) is 0 Å². The standard InChI is InChI=1S/C18H21FN2O3/c1-18(2,3)24-17(23)20-9-11-8-13-14(19)6-4-12-5-7-15(22)21(10-11)16(12)13/h4-7,11H,8-10H2,1-3H3,(H,20,23). The van der Waals surface area contributed by atoms with Crippen LogP contribution < -0.4 is 10.9 Å². The van der Waals surface area contributed by atoms with Crippen LogP contribution in [0.15, 0.2) is 29.1 Å². The number of hydrogen-bond acceptors (Lipinski definition) is 3. The van der Waals surface area contributed by atoms with Crippen LogP contribution in [0.5, 0.6) is 0 Å². The van der Waals surface area contributed by atoms with Crippen LogP contribution in [0.4, 0.5) is 9.18 Å². The first-order chi connectivity index (χ1) is 11.2. The van der Waals surface area contributed by atoms with Crippen LogP contribution in [-0.4, -0.2) is 22.8 Å². The molecule has 0 spiro atoms. The summed E-state index contributed by atoms with van der Waals surface area (Å²) in [4.78, 5) is 24.0. The summed E-state index contributed by atoms with van der Waals surface area (Å²) in [5.41, 5.74) is 0.470. The van der Waals surface area contributed by atoms with Gasteiger partial charge in [0.2, 0.25) is 0 Å². The van der Waals surface area contributed by atoms with Gasteiger partial charge in [-0.1, -0.05) is 0 Å². The molecular weight excluding hydrogens is 311 g/mol. The minimum Gasteiger partial charge on any atom is -0.444 e. The van der Waals surface area contributed by atoms with Crippen molar-refractivity contribution < 1.29 is 13.9 Å². The molecule has 1 unspecified atom stereocenters. The third-order valence-corrected chi connectivity index (χ3v) is 4.07. The number of ether oxygens (including phenoxy) is 1. The van der Waals surface area contributed by atoms with Crippen molar-refractivity contribution >= 4 is 17.0 Å². The number of hydrogen-bond donors (Lipinski definition) is 1. The van der Waals surface area contributed by atoms with E-state index in [2.05, 4.69) is 5.32 Å². The van der Waals surface area contributed by atoms with Gasteiger partial charge in [0.25, 0.3) is 5.56 Å². The average molecular weight is 332 g/mol. The first-order valence-corrected chi connectivity index (χ1v) is 8.02. The van der Waals surface area contributed by atoms with E-state index in [1.54, 1.807) is 37.5 Å². The third kappa shape index (κ3) is 3.27. The molecule has 0 bridgehead atoms. The predicted octanol–water partition coefficient (Wildman–Crippen LogP) is 2.84. The monoisotopic (exact) mass is 332 g/mol. The number of rotatable bonds is 2. The molecular formula is C18H21FN2O3. The van der Waals surface area contributed by atoms with Gasteiger partial charge in [0.15, 0.2) is 0 Å². The number of halogens is 1. The molecule has 0 radical (unpaired) electrons. The van der Waals surface area contributed by atoms with Crippen LogP contribution in [0.25, 0.3) is 10.9 Å². The Morgan fingerprint density at radius 2 is 2.04 bits per heavy atom. The van der Waals surface area contributed by atoms with E-state index >= 15 is 0 Å². The van der Waals surface area contributed by atoms with Crippen LogP contribution in [-0.2, 0) is 17.7 Å². The van der Waals surface area contributed by atoms with Gasteiger partial charge in [0, 0.05) is 24.7 Å². The molecule has 24 heavy (non-hydrogen) atoms. The summed E-state index contributed by atoms with van der Waals surface area (Å²) < 4.78 is 21.0. The topological polar surface area (TPSA) is 60.3 Å². The van der Waals surface area contributed by atoms with E-state index in [4.69, 9.17) is 4.74 Å². The van der Waals surface area contributed by atoms with Gasteiger partial charge < -0.3 is 14.6 Å². The molecule has 0 fully saturated rings. The summed E-state index contributed by atoms with van der Waals surface area (Å²) >= 11 is 0. The lowest BCUT2D eigenvalue weighted by molar-refractivity contribution is 0.0517. The van der Waals surface area contributed by atoms with E-state index in [1.165, 1.54) is 12.1 Å². The van der Waals surface area contributed by atoms with Crippen molar-refractivity contribution in [3.05, 3.63) is 46.0 Å². The Morgan fingerprint density at radius 3 is 2.75 bits per heavy atom. The predicted molar refractivity (Wildman–Crippen MR) is 89.6 cm³/mol. The minimum absolute atomic E-state index is 0.0646. The molecule has 128 valence electrons. The molecule has 0 saturated carbocycles. The summed E-state index contributed by atoms with van der Waals surface area (Å²) in [6.45, 7) is 6.14. The van der Waals surface area contributed by atoms with Gasteiger partial charge in [-0.3, -0.25) is 4.79 Å². The Morgan fingerprint density at radius 1 is 1.33 bits per heavy atom. The van der Waals surface area contributed by atoms with E-state index in [0.29, 0.717) is 30.6 Å². The summed E-state index contributed by atoms with van der Waals surface area (Å²) in [6.07, 6.45) is -0.0324. The van der Waals surface area contributed by atoms with Crippen LogP contribution >= 0.6 is 0 Å². The molecule has 1 aliphatic rings. The van der Waals surface area contributed by atoms with Crippen molar-refractivity contribution in [1.82, 2.24) is 9.88 Å². The lowest BCUT2D eigenvalue weighted by Gasteiger charge is -2.27. The number of benzene rings is 1.